The first-order valence-corrected chi connectivity index (χ1v) is 4.43. The summed E-state index contributed by atoms with van der Waals surface area (Å²) in [5, 5.41) is 4.63. The Bertz CT molecular complexity index is 404. The Morgan fingerprint density at radius 1 is 1.67 bits per heavy atom. The molecule has 0 aromatic carbocycles. The number of carbonyl (C=O) groups is 1. The Hall–Kier alpha value is -1.92. The minimum absolute atomic E-state index is 0.288. The molecule has 2 amide bonds. The van der Waals surface area contributed by atoms with Crippen LogP contribution in [0.2, 0.25) is 0 Å². The molecule has 1 rings (SSSR count). The summed E-state index contributed by atoms with van der Waals surface area (Å²) in [5.41, 5.74) is -0.720. The number of hydrogen-bond acceptors (Lipinski definition) is 3. The maximum atomic E-state index is 13.0. The van der Waals surface area contributed by atoms with Crippen molar-refractivity contribution >= 4 is 11.8 Å². The van der Waals surface area contributed by atoms with Crippen LogP contribution in [0.3, 0.4) is 0 Å². The summed E-state index contributed by atoms with van der Waals surface area (Å²) in [7, 11) is 0. The summed E-state index contributed by atoms with van der Waals surface area (Å²) < 4.78 is 13.0. The quantitative estimate of drug-likeness (QED) is 0.682. The van der Waals surface area contributed by atoms with Crippen molar-refractivity contribution in [2.45, 2.75) is 13.3 Å². The van der Waals surface area contributed by atoms with E-state index in [1.54, 1.807) is 0 Å². The van der Waals surface area contributed by atoms with E-state index in [9.17, 15) is 14.0 Å². The Labute approximate surface area is 84.9 Å². The fourth-order valence-electron chi connectivity index (χ4n) is 0.866. The molecule has 1 aromatic heterocycles. The number of aromatic nitrogens is 2. The highest BCUT2D eigenvalue weighted by Gasteiger charge is 2.06. The van der Waals surface area contributed by atoms with Crippen LogP contribution in [0.5, 0.6) is 0 Å². The fourth-order valence-corrected chi connectivity index (χ4v) is 0.866. The van der Waals surface area contributed by atoms with Crippen LogP contribution in [0.1, 0.15) is 13.3 Å². The number of H-pyrrole nitrogens is 1. The predicted molar refractivity (Wildman–Crippen MR) is 52.1 cm³/mol. The van der Waals surface area contributed by atoms with Crippen molar-refractivity contribution < 1.29 is 9.18 Å². The van der Waals surface area contributed by atoms with Gasteiger partial charge in [-0.2, -0.15) is 4.98 Å². The predicted octanol–water partition coefficient (Wildman–Crippen LogP) is 0.440. The molecule has 0 saturated heterocycles. The number of nitrogens with zero attached hydrogens (tertiary/aromatic N) is 1. The van der Waals surface area contributed by atoms with Gasteiger partial charge in [0.1, 0.15) is 0 Å². The van der Waals surface area contributed by atoms with Gasteiger partial charge >= 0.3 is 11.7 Å². The number of carbonyl (C=O) groups excluding carboxylic acids is 1. The largest absolute Gasteiger partial charge is 0.346 e. The molecule has 82 valence electrons. The van der Waals surface area contributed by atoms with Crippen molar-refractivity contribution in [2.75, 3.05) is 11.9 Å². The van der Waals surface area contributed by atoms with Crippen molar-refractivity contribution in [3.05, 3.63) is 22.5 Å². The Morgan fingerprint density at radius 3 is 3.07 bits per heavy atom. The van der Waals surface area contributed by atoms with Gasteiger partial charge in [0.25, 0.3) is 0 Å². The zero-order chi connectivity index (χ0) is 11.3. The van der Waals surface area contributed by atoms with Gasteiger partial charge in [0.05, 0.1) is 6.20 Å². The summed E-state index contributed by atoms with van der Waals surface area (Å²) in [6, 6.07) is -0.572. The zero-order valence-corrected chi connectivity index (χ0v) is 8.13. The number of urea groups is 1. The molecule has 6 nitrogen and oxygen atoms in total. The van der Waals surface area contributed by atoms with Crippen molar-refractivity contribution in [2.24, 2.45) is 0 Å². The standard InChI is InChI=1S/C8H11FN4O2/c1-2-3-10-7(14)12-6-5(9)4-11-8(15)13-6/h4H,2-3H2,1H3,(H3,10,11,12,13,14,15). The second kappa shape index (κ2) is 5.08. The molecule has 0 spiro atoms. The number of anilines is 1. The zero-order valence-electron chi connectivity index (χ0n) is 8.13. The molecule has 0 saturated carbocycles. The smallest absolute Gasteiger partial charge is 0.338 e. The summed E-state index contributed by atoms with van der Waals surface area (Å²) in [6.07, 6.45) is 1.51. The van der Waals surface area contributed by atoms with Gasteiger partial charge in [0.2, 0.25) is 0 Å². The number of amides is 2. The van der Waals surface area contributed by atoms with Gasteiger partial charge in [0, 0.05) is 6.54 Å². The number of halogens is 1. The lowest BCUT2D eigenvalue weighted by molar-refractivity contribution is 0.252. The van der Waals surface area contributed by atoms with Gasteiger partial charge in [-0.05, 0) is 6.42 Å². The van der Waals surface area contributed by atoms with Crippen molar-refractivity contribution in [3.8, 4) is 0 Å². The molecule has 0 atom stereocenters. The molecule has 3 N–H and O–H groups in total. The summed E-state index contributed by atoms with van der Waals surface area (Å²) in [6.45, 7) is 2.36. The third-order valence-corrected chi connectivity index (χ3v) is 1.54. The van der Waals surface area contributed by atoms with E-state index in [-0.39, 0.29) is 5.82 Å². The van der Waals surface area contributed by atoms with Crippen molar-refractivity contribution in [1.82, 2.24) is 15.3 Å². The number of nitrogens with one attached hydrogen (secondary N) is 3. The Balaban J connectivity index is 2.67. The second-order valence-electron chi connectivity index (χ2n) is 2.79. The monoisotopic (exact) mass is 214 g/mol. The van der Waals surface area contributed by atoms with E-state index >= 15 is 0 Å². The summed E-state index contributed by atoms with van der Waals surface area (Å²) >= 11 is 0. The topological polar surface area (TPSA) is 86.9 Å². The molecule has 0 radical (unpaired) electrons. The maximum absolute atomic E-state index is 13.0. The number of rotatable bonds is 3. The number of hydrogen-bond donors (Lipinski definition) is 3. The van der Waals surface area contributed by atoms with Gasteiger partial charge in [-0.15, -0.1) is 0 Å². The third-order valence-electron chi connectivity index (χ3n) is 1.54. The van der Waals surface area contributed by atoms with E-state index in [1.807, 2.05) is 6.92 Å². The van der Waals surface area contributed by atoms with Crippen LogP contribution in [0, 0.1) is 5.82 Å². The van der Waals surface area contributed by atoms with Crippen LogP contribution >= 0.6 is 0 Å². The molecule has 1 heterocycles. The molecule has 0 bridgehead atoms. The maximum Gasteiger partial charge on any atom is 0.346 e. The molecule has 1 aromatic rings. The first-order valence-electron chi connectivity index (χ1n) is 4.43. The molecule has 0 aliphatic heterocycles. The highest BCUT2D eigenvalue weighted by molar-refractivity contribution is 5.88. The summed E-state index contributed by atoms with van der Waals surface area (Å²) in [5.74, 6) is -1.08. The third kappa shape index (κ3) is 3.37. The lowest BCUT2D eigenvalue weighted by Gasteiger charge is -2.06. The average Bonchev–Trinajstić information content (AvgIpc) is 2.20. The van der Waals surface area contributed by atoms with Crippen LogP contribution in [-0.4, -0.2) is 22.5 Å². The Morgan fingerprint density at radius 2 is 2.40 bits per heavy atom. The van der Waals surface area contributed by atoms with Gasteiger partial charge in [-0.3, -0.25) is 10.3 Å². The van der Waals surface area contributed by atoms with Crippen LogP contribution in [-0.2, 0) is 0 Å². The van der Waals surface area contributed by atoms with E-state index in [0.717, 1.165) is 12.6 Å². The van der Waals surface area contributed by atoms with Crippen molar-refractivity contribution in [1.29, 1.82) is 0 Å². The highest BCUT2D eigenvalue weighted by atomic mass is 19.1. The normalized spacial score (nSPS) is 9.73. The molecule has 0 fully saturated rings. The van der Waals surface area contributed by atoms with Crippen LogP contribution in [0.15, 0.2) is 11.0 Å². The minimum Gasteiger partial charge on any atom is -0.338 e. The number of aromatic amines is 1. The van der Waals surface area contributed by atoms with Crippen LogP contribution < -0.4 is 16.3 Å². The van der Waals surface area contributed by atoms with Gasteiger partial charge in [-0.25, -0.2) is 14.0 Å². The van der Waals surface area contributed by atoms with Gasteiger partial charge < -0.3 is 5.32 Å². The fraction of sp³-hybridized carbons (Fsp3) is 0.375. The molecule has 0 unspecified atom stereocenters. The highest BCUT2D eigenvalue weighted by Crippen LogP contribution is 2.04. The summed E-state index contributed by atoms with van der Waals surface area (Å²) in [4.78, 5) is 27.1. The lowest BCUT2D eigenvalue weighted by Crippen LogP contribution is -2.31. The Kier molecular flexibility index (Phi) is 3.78. The minimum atomic E-state index is -0.791. The van der Waals surface area contributed by atoms with E-state index in [4.69, 9.17) is 0 Å². The SMILES string of the molecule is CCCNC(=O)Nc1[nH]c(=O)ncc1F. The molecular weight excluding hydrogens is 203 g/mol. The molecule has 15 heavy (non-hydrogen) atoms. The average molecular weight is 214 g/mol. The second-order valence-corrected chi connectivity index (χ2v) is 2.79. The van der Waals surface area contributed by atoms with E-state index < -0.39 is 17.5 Å². The van der Waals surface area contributed by atoms with E-state index in [1.165, 1.54) is 0 Å². The van der Waals surface area contributed by atoms with Gasteiger partial charge in [0.15, 0.2) is 11.6 Å². The van der Waals surface area contributed by atoms with Gasteiger partial charge in [-0.1, -0.05) is 6.92 Å². The van der Waals surface area contributed by atoms with Crippen LogP contribution in [0.25, 0.3) is 0 Å². The van der Waals surface area contributed by atoms with Crippen molar-refractivity contribution in [3.63, 3.8) is 0 Å². The molecule has 7 heteroatoms. The van der Waals surface area contributed by atoms with Crippen LogP contribution in [0.4, 0.5) is 15.0 Å². The lowest BCUT2D eigenvalue weighted by atomic mass is 10.5. The molecular formula is C8H11FN4O2. The van der Waals surface area contributed by atoms with E-state index in [2.05, 4.69) is 20.6 Å². The molecule has 0 aliphatic rings. The first kappa shape index (κ1) is 11.2. The molecule has 0 aliphatic carbocycles. The first-order chi connectivity index (χ1) is 7.13. The van der Waals surface area contributed by atoms with E-state index in [0.29, 0.717) is 6.54 Å².